The fourth-order valence-electron chi connectivity index (χ4n) is 4.12. The predicted octanol–water partition coefficient (Wildman–Crippen LogP) is 4.59. The first-order valence-corrected chi connectivity index (χ1v) is 12.9. The molecule has 10 heteroatoms. The molecular weight excluding hydrogens is 512 g/mol. The van der Waals surface area contributed by atoms with Crippen LogP contribution in [0.5, 0.6) is 11.5 Å². The summed E-state index contributed by atoms with van der Waals surface area (Å²) in [5.41, 5.74) is 3.20. The van der Waals surface area contributed by atoms with Crippen LogP contribution in [-0.2, 0) is 10.2 Å². The minimum absolute atomic E-state index is 0. The second kappa shape index (κ2) is 13.1. The first kappa shape index (κ1) is 28.7. The number of amides is 1. The molecule has 1 saturated heterocycles. The summed E-state index contributed by atoms with van der Waals surface area (Å²) in [7, 11) is 3.30. The quantitative estimate of drug-likeness (QED) is 0.360. The van der Waals surface area contributed by atoms with Crippen molar-refractivity contribution < 1.29 is 19.0 Å². The zero-order valence-corrected chi connectivity index (χ0v) is 23.3. The zero-order chi connectivity index (χ0) is 25.5. The first-order chi connectivity index (χ1) is 17.4. The molecule has 1 amide bonds. The number of hydrogen-bond acceptors (Lipinski definition) is 8. The van der Waals surface area contributed by atoms with Crippen LogP contribution < -0.4 is 25.0 Å². The Kier molecular flexibility index (Phi) is 10.2. The highest BCUT2D eigenvalue weighted by Crippen LogP contribution is 2.35. The third-order valence-electron chi connectivity index (χ3n) is 6.40. The summed E-state index contributed by atoms with van der Waals surface area (Å²) in [6.45, 7) is 8.73. The van der Waals surface area contributed by atoms with E-state index in [1.54, 1.807) is 20.3 Å². The number of benzene rings is 2. The molecule has 0 aliphatic carbocycles. The molecule has 8 nitrogen and oxygen atoms in total. The SMILES string of the molecule is COCCOc1cc(C(=O)Nc2nc(C(C)(C)c3ccc(OC)cc3)cs2)ccc1N1CCNCC1.Cl. The van der Waals surface area contributed by atoms with Crippen LogP contribution in [0.25, 0.3) is 0 Å². The fourth-order valence-corrected chi connectivity index (χ4v) is 4.99. The van der Waals surface area contributed by atoms with Crippen LogP contribution in [0.15, 0.2) is 47.8 Å². The number of rotatable bonds is 10. The van der Waals surface area contributed by atoms with E-state index in [1.165, 1.54) is 11.3 Å². The summed E-state index contributed by atoms with van der Waals surface area (Å²) in [4.78, 5) is 20.1. The van der Waals surface area contributed by atoms with E-state index < -0.39 is 0 Å². The molecule has 1 fully saturated rings. The van der Waals surface area contributed by atoms with Crippen molar-refractivity contribution in [2.24, 2.45) is 0 Å². The number of methoxy groups -OCH3 is 2. The number of thiazole rings is 1. The summed E-state index contributed by atoms with van der Waals surface area (Å²) in [6.07, 6.45) is 0. The van der Waals surface area contributed by atoms with E-state index in [4.69, 9.17) is 19.2 Å². The molecule has 1 aliphatic heterocycles. The molecule has 2 N–H and O–H groups in total. The number of carbonyl (C=O) groups is 1. The molecule has 0 saturated carbocycles. The maximum atomic E-state index is 13.1. The number of carbonyl (C=O) groups excluding carboxylic acids is 1. The van der Waals surface area contributed by atoms with Gasteiger partial charge in [-0.25, -0.2) is 4.98 Å². The molecular formula is C27H35ClN4O4S. The molecule has 0 bridgehead atoms. The highest BCUT2D eigenvalue weighted by atomic mass is 35.5. The molecule has 200 valence electrons. The summed E-state index contributed by atoms with van der Waals surface area (Å²) in [5.74, 6) is 1.28. The molecule has 0 radical (unpaired) electrons. The number of anilines is 2. The van der Waals surface area contributed by atoms with Crippen molar-refractivity contribution in [2.75, 3.05) is 63.8 Å². The van der Waals surface area contributed by atoms with E-state index in [2.05, 4.69) is 29.4 Å². The Morgan fingerprint density at radius 2 is 1.84 bits per heavy atom. The lowest BCUT2D eigenvalue weighted by Crippen LogP contribution is -2.43. The van der Waals surface area contributed by atoms with Gasteiger partial charge in [-0.15, -0.1) is 23.7 Å². The van der Waals surface area contributed by atoms with Crippen molar-refractivity contribution >= 4 is 40.5 Å². The van der Waals surface area contributed by atoms with Crippen molar-refractivity contribution in [3.05, 3.63) is 64.7 Å². The smallest absolute Gasteiger partial charge is 0.257 e. The molecule has 2 aromatic carbocycles. The minimum Gasteiger partial charge on any atom is -0.497 e. The fraction of sp³-hybridized carbons (Fsp3) is 0.407. The molecule has 37 heavy (non-hydrogen) atoms. The van der Waals surface area contributed by atoms with Gasteiger partial charge in [0.1, 0.15) is 18.1 Å². The largest absolute Gasteiger partial charge is 0.497 e. The number of piperazine rings is 1. The number of ether oxygens (including phenoxy) is 3. The van der Waals surface area contributed by atoms with Gasteiger partial charge in [0.2, 0.25) is 0 Å². The molecule has 0 spiro atoms. The van der Waals surface area contributed by atoms with Crippen LogP contribution >= 0.6 is 23.7 Å². The van der Waals surface area contributed by atoms with Gasteiger partial charge in [-0.3, -0.25) is 10.1 Å². The maximum absolute atomic E-state index is 13.1. The van der Waals surface area contributed by atoms with Gasteiger partial charge in [-0.1, -0.05) is 26.0 Å². The van der Waals surface area contributed by atoms with Crippen LogP contribution in [0.3, 0.4) is 0 Å². The van der Waals surface area contributed by atoms with Gasteiger partial charge in [0.25, 0.3) is 5.91 Å². The summed E-state index contributed by atoms with van der Waals surface area (Å²) in [5, 5.41) is 8.87. The topological polar surface area (TPSA) is 85.0 Å². The van der Waals surface area contributed by atoms with Crippen molar-refractivity contribution in [2.45, 2.75) is 19.3 Å². The van der Waals surface area contributed by atoms with Gasteiger partial charge in [-0.2, -0.15) is 0 Å². The third kappa shape index (κ3) is 6.93. The lowest BCUT2D eigenvalue weighted by atomic mass is 9.82. The monoisotopic (exact) mass is 546 g/mol. The predicted molar refractivity (Wildman–Crippen MR) is 151 cm³/mol. The van der Waals surface area contributed by atoms with Gasteiger partial charge >= 0.3 is 0 Å². The summed E-state index contributed by atoms with van der Waals surface area (Å²) in [6, 6.07) is 13.6. The third-order valence-corrected chi connectivity index (χ3v) is 7.16. The van der Waals surface area contributed by atoms with Crippen molar-refractivity contribution in [3.63, 3.8) is 0 Å². The van der Waals surface area contributed by atoms with E-state index in [0.29, 0.717) is 29.7 Å². The Morgan fingerprint density at radius 1 is 1.11 bits per heavy atom. The Bertz CT molecular complexity index is 1160. The van der Waals surface area contributed by atoms with Gasteiger partial charge in [-0.05, 0) is 35.9 Å². The Hall–Kier alpha value is -2.85. The highest BCUT2D eigenvalue weighted by Gasteiger charge is 2.27. The number of nitrogens with zero attached hydrogens (tertiary/aromatic N) is 2. The molecule has 0 unspecified atom stereocenters. The summed E-state index contributed by atoms with van der Waals surface area (Å²) < 4.78 is 16.4. The van der Waals surface area contributed by atoms with Crippen molar-refractivity contribution in [3.8, 4) is 11.5 Å². The lowest BCUT2D eigenvalue weighted by Gasteiger charge is -2.31. The molecule has 3 aromatic rings. The Morgan fingerprint density at radius 3 is 2.51 bits per heavy atom. The minimum atomic E-state index is -0.320. The maximum Gasteiger partial charge on any atom is 0.257 e. The lowest BCUT2D eigenvalue weighted by molar-refractivity contribution is 0.102. The van der Waals surface area contributed by atoms with Gasteiger partial charge in [0, 0.05) is 49.6 Å². The van der Waals surface area contributed by atoms with E-state index in [0.717, 1.165) is 48.9 Å². The van der Waals surface area contributed by atoms with E-state index in [1.807, 2.05) is 41.8 Å². The number of halogens is 1. The zero-order valence-electron chi connectivity index (χ0n) is 21.7. The molecule has 2 heterocycles. The van der Waals surface area contributed by atoms with Crippen LogP contribution in [0.2, 0.25) is 0 Å². The standard InChI is InChI=1S/C27H34N4O4S.ClH/c1-27(2,20-6-8-21(34-4)9-7-20)24-18-36-26(29-24)30-25(32)19-5-10-22(31-13-11-28-12-14-31)23(17-19)35-16-15-33-3;/h5-10,17-18,28H,11-16H2,1-4H3,(H,29,30,32);1H. The van der Waals surface area contributed by atoms with Crippen LogP contribution in [0, 0.1) is 0 Å². The van der Waals surface area contributed by atoms with Crippen LogP contribution in [0.1, 0.15) is 35.5 Å². The van der Waals surface area contributed by atoms with E-state index >= 15 is 0 Å². The average molecular weight is 547 g/mol. The molecule has 0 atom stereocenters. The summed E-state index contributed by atoms with van der Waals surface area (Å²) >= 11 is 1.42. The molecule has 4 rings (SSSR count). The molecule has 1 aromatic heterocycles. The van der Waals surface area contributed by atoms with Crippen LogP contribution in [-0.4, -0.2) is 64.5 Å². The van der Waals surface area contributed by atoms with Crippen molar-refractivity contribution in [1.29, 1.82) is 0 Å². The number of nitrogens with one attached hydrogen (secondary N) is 2. The Balaban J connectivity index is 0.00000380. The van der Waals surface area contributed by atoms with Crippen molar-refractivity contribution in [1.82, 2.24) is 10.3 Å². The normalized spacial score (nSPS) is 13.6. The highest BCUT2D eigenvalue weighted by molar-refractivity contribution is 7.14. The number of hydrogen-bond donors (Lipinski definition) is 2. The second-order valence-corrected chi connectivity index (χ2v) is 9.96. The van der Waals surface area contributed by atoms with Crippen LogP contribution in [0.4, 0.5) is 10.8 Å². The van der Waals surface area contributed by atoms with E-state index in [-0.39, 0.29) is 23.7 Å². The average Bonchev–Trinajstić information content (AvgIpc) is 3.38. The van der Waals surface area contributed by atoms with E-state index in [9.17, 15) is 4.79 Å². The number of aromatic nitrogens is 1. The van der Waals surface area contributed by atoms with Gasteiger partial charge in [0.15, 0.2) is 5.13 Å². The van der Waals surface area contributed by atoms with Gasteiger partial charge in [0.05, 0.1) is 25.1 Å². The Labute approximate surface area is 228 Å². The second-order valence-electron chi connectivity index (χ2n) is 9.11. The molecule has 1 aliphatic rings. The van der Waals surface area contributed by atoms with Gasteiger partial charge < -0.3 is 24.4 Å². The first-order valence-electron chi connectivity index (χ1n) is 12.1.